The van der Waals surface area contributed by atoms with Crippen molar-refractivity contribution in [2.24, 2.45) is 0 Å². The first-order chi connectivity index (χ1) is 9.43. The van der Waals surface area contributed by atoms with Crippen molar-refractivity contribution < 1.29 is 13.5 Å². The molecule has 1 aromatic carbocycles. The Labute approximate surface area is 118 Å². The van der Waals surface area contributed by atoms with Gasteiger partial charge in [0.1, 0.15) is 6.10 Å². The quantitative estimate of drug-likeness (QED) is 0.895. The summed E-state index contributed by atoms with van der Waals surface area (Å²) in [5.41, 5.74) is 1.06. The highest BCUT2D eigenvalue weighted by Crippen LogP contribution is 2.23. The number of aliphatic hydroxyl groups excluding tert-OH is 1. The molecule has 108 valence electrons. The van der Waals surface area contributed by atoms with Gasteiger partial charge >= 0.3 is 0 Å². The van der Waals surface area contributed by atoms with Crippen LogP contribution in [-0.4, -0.2) is 34.8 Å². The second-order valence-corrected chi connectivity index (χ2v) is 6.64. The van der Waals surface area contributed by atoms with E-state index in [0.717, 1.165) is 12.7 Å². The van der Waals surface area contributed by atoms with E-state index in [1.165, 1.54) is 18.3 Å². The van der Waals surface area contributed by atoms with E-state index in [0.29, 0.717) is 17.8 Å². The number of aromatic nitrogens is 3. The number of hydrogen-bond donors (Lipinski definition) is 1. The van der Waals surface area contributed by atoms with Crippen molar-refractivity contribution in [3.63, 3.8) is 0 Å². The molecular weight excluding hydrogens is 278 g/mol. The fourth-order valence-electron chi connectivity index (χ4n) is 1.95. The average Bonchev–Trinajstić information content (AvgIpc) is 2.86. The van der Waals surface area contributed by atoms with E-state index in [2.05, 4.69) is 10.3 Å². The Balaban J connectivity index is 2.38. The van der Waals surface area contributed by atoms with Gasteiger partial charge in [-0.25, -0.2) is 13.1 Å². The van der Waals surface area contributed by atoms with Crippen LogP contribution in [-0.2, 0) is 16.4 Å². The topological polar surface area (TPSA) is 85.1 Å². The molecule has 2 rings (SSSR count). The first-order valence-corrected chi connectivity index (χ1v) is 8.19. The van der Waals surface area contributed by atoms with E-state index >= 15 is 0 Å². The Morgan fingerprint density at radius 3 is 2.80 bits per heavy atom. The molecule has 7 heteroatoms. The van der Waals surface area contributed by atoms with Crippen LogP contribution in [0.4, 0.5) is 0 Å². The number of aryl methyl sites for hydroxylation is 1. The van der Waals surface area contributed by atoms with Crippen molar-refractivity contribution in [1.82, 2.24) is 15.0 Å². The largest absolute Gasteiger partial charge is 0.382 e. The van der Waals surface area contributed by atoms with Crippen molar-refractivity contribution in [3.8, 4) is 0 Å². The van der Waals surface area contributed by atoms with Crippen molar-refractivity contribution in [2.45, 2.75) is 30.9 Å². The highest BCUT2D eigenvalue weighted by Gasteiger charge is 2.18. The molecule has 1 unspecified atom stereocenters. The Kier molecular flexibility index (Phi) is 4.20. The standard InChI is InChI=1S/C13H17N3O3S/c1-3-7-16-12(9-14-15-16)13(17)10-5-4-6-11(8-10)20(2,18)19/h4-6,8-9,13,17H,3,7H2,1-2H3. The fraction of sp³-hybridized carbons (Fsp3) is 0.385. The minimum atomic E-state index is -3.30. The van der Waals surface area contributed by atoms with Crippen LogP contribution in [0.15, 0.2) is 35.4 Å². The molecule has 1 N–H and O–H groups in total. The number of hydrogen-bond acceptors (Lipinski definition) is 5. The summed E-state index contributed by atoms with van der Waals surface area (Å²) in [5.74, 6) is 0. The van der Waals surface area contributed by atoms with Gasteiger partial charge in [0.2, 0.25) is 0 Å². The third-order valence-corrected chi connectivity index (χ3v) is 4.08. The zero-order valence-corrected chi connectivity index (χ0v) is 12.2. The molecule has 0 bridgehead atoms. The number of rotatable bonds is 5. The van der Waals surface area contributed by atoms with E-state index < -0.39 is 15.9 Å². The Hall–Kier alpha value is -1.73. The Bertz CT molecular complexity index is 694. The smallest absolute Gasteiger partial charge is 0.175 e. The minimum Gasteiger partial charge on any atom is -0.382 e. The molecule has 0 amide bonds. The van der Waals surface area contributed by atoms with Gasteiger partial charge in [0.15, 0.2) is 9.84 Å². The third kappa shape index (κ3) is 3.05. The van der Waals surface area contributed by atoms with Gasteiger partial charge in [0, 0.05) is 12.8 Å². The van der Waals surface area contributed by atoms with Gasteiger partial charge < -0.3 is 5.11 Å². The number of sulfone groups is 1. The average molecular weight is 295 g/mol. The van der Waals surface area contributed by atoms with Crippen molar-refractivity contribution in [3.05, 3.63) is 41.7 Å². The molecule has 1 aromatic heterocycles. The van der Waals surface area contributed by atoms with Crippen LogP contribution in [0.2, 0.25) is 0 Å². The molecule has 0 aliphatic rings. The molecule has 0 saturated carbocycles. The van der Waals surface area contributed by atoms with Crippen molar-refractivity contribution >= 4 is 9.84 Å². The molecule has 1 heterocycles. The SMILES string of the molecule is CCCn1nncc1C(O)c1cccc(S(C)(=O)=O)c1. The first kappa shape index (κ1) is 14.7. The maximum atomic E-state index is 11.6. The Morgan fingerprint density at radius 1 is 1.40 bits per heavy atom. The van der Waals surface area contributed by atoms with E-state index in [9.17, 15) is 13.5 Å². The summed E-state index contributed by atoms with van der Waals surface area (Å²) in [6.07, 6.45) is 2.56. The van der Waals surface area contributed by atoms with Gasteiger partial charge in [0.25, 0.3) is 0 Å². The van der Waals surface area contributed by atoms with Crippen LogP contribution in [0.5, 0.6) is 0 Å². The zero-order valence-electron chi connectivity index (χ0n) is 11.4. The lowest BCUT2D eigenvalue weighted by Crippen LogP contribution is -2.10. The predicted molar refractivity (Wildman–Crippen MR) is 73.9 cm³/mol. The van der Waals surface area contributed by atoms with Gasteiger partial charge in [-0.2, -0.15) is 0 Å². The van der Waals surface area contributed by atoms with Crippen LogP contribution in [0.3, 0.4) is 0 Å². The molecule has 2 aromatic rings. The third-order valence-electron chi connectivity index (χ3n) is 2.97. The maximum Gasteiger partial charge on any atom is 0.175 e. The van der Waals surface area contributed by atoms with Gasteiger partial charge in [-0.15, -0.1) is 5.10 Å². The van der Waals surface area contributed by atoms with Gasteiger partial charge in [-0.05, 0) is 24.1 Å². The number of nitrogens with zero attached hydrogens (tertiary/aromatic N) is 3. The number of aliphatic hydroxyl groups is 1. The summed E-state index contributed by atoms with van der Waals surface area (Å²) in [6.45, 7) is 2.65. The van der Waals surface area contributed by atoms with E-state index in [1.807, 2.05) is 6.92 Å². The summed E-state index contributed by atoms with van der Waals surface area (Å²) in [6, 6.07) is 6.28. The molecular formula is C13H17N3O3S. The second-order valence-electron chi connectivity index (χ2n) is 4.63. The Morgan fingerprint density at radius 2 is 2.15 bits per heavy atom. The molecule has 1 atom stereocenters. The zero-order chi connectivity index (χ0) is 14.8. The lowest BCUT2D eigenvalue weighted by molar-refractivity contribution is 0.207. The normalized spacial score (nSPS) is 13.3. The first-order valence-electron chi connectivity index (χ1n) is 6.30. The molecule has 0 fully saturated rings. The summed E-state index contributed by atoms with van der Waals surface area (Å²) in [5, 5.41) is 18.1. The summed E-state index contributed by atoms with van der Waals surface area (Å²) in [7, 11) is -3.30. The van der Waals surface area contributed by atoms with Crippen LogP contribution in [0, 0.1) is 0 Å². The molecule has 0 aliphatic heterocycles. The van der Waals surface area contributed by atoms with Crippen LogP contribution < -0.4 is 0 Å². The van der Waals surface area contributed by atoms with E-state index in [-0.39, 0.29) is 4.90 Å². The molecule has 0 spiro atoms. The van der Waals surface area contributed by atoms with Crippen LogP contribution in [0.1, 0.15) is 30.7 Å². The molecule has 20 heavy (non-hydrogen) atoms. The predicted octanol–water partition coefficient (Wildman–Crippen LogP) is 1.17. The van der Waals surface area contributed by atoms with Crippen LogP contribution >= 0.6 is 0 Å². The summed E-state index contributed by atoms with van der Waals surface area (Å²) >= 11 is 0. The molecule has 0 saturated heterocycles. The van der Waals surface area contributed by atoms with Crippen molar-refractivity contribution in [2.75, 3.05) is 6.26 Å². The van der Waals surface area contributed by atoms with Gasteiger partial charge in [-0.3, -0.25) is 0 Å². The fourth-order valence-corrected chi connectivity index (χ4v) is 2.62. The van der Waals surface area contributed by atoms with Crippen LogP contribution in [0.25, 0.3) is 0 Å². The van der Waals surface area contributed by atoms with E-state index in [4.69, 9.17) is 0 Å². The molecule has 0 radical (unpaired) electrons. The van der Waals surface area contributed by atoms with Crippen molar-refractivity contribution in [1.29, 1.82) is 0 Å². The summed E-state index contributed by atoms with van der Waals surface area (Å²) < 4.78 is 24.7. The molecule has 6 nitrogen and oxygen atoms in total. The highest BCUT2D eigenvalue weighted by molar-refractivity contribution is 7.90. The highest BCUT2D eigenvalue weighted by atomic mass is 32.2. The monoisotopic (exact) mass is 295 g/mol. The lowest BCUT2D eigenvalue weighted by Gasteiger charge is -2.13. The minimum absolute atomic E-state index is 0.184. The molecule has 0 aliphatic carbocycles. The number of benzene rings is 1. The summed E-state index contributed by atoms with van der Waals surface area (Å²) in [4.78, 5) is 0.184. The van der Waals surface area contributed by atoms with Gasteiger partial charge in [0.05, 0.1) is 16.8 Å². The lowest BCUT2D eigenvalue weighted by atomic mass is 10.1. The van der Waals surface area contributed by atoms with E-state index in [1.54, 1.807) is 16.8 Å². The van der Waals surface area contributed by atoms with Gasteiger partial charge in [-0.1, -0.05) is 24.3 Å². The maximum absolute atomic E-state index is 11.6. The second kappa shape index (κ2) is 5.72.